The zero-order valence-corrected chi connectivity index (χ0v) is 5.90. The van der Waals surface area contributed by atoms with Gasteiger partial charge < -0.3 is 9.47 Å². The predicted molar refractivity (Wildman–Crippen MR) is 35.7 cm³/mol. The average molecular weight is 152 g/mol. The summed E-state index contributed by atoms with van der Waals surface area (Å²) in [6.07, 6.45) is 4.17. The van der Waals surface area contributed by atoms with Crippen molar-refractivity contribution >= 4 is 5.97 Å². The highest BCUT2D eigenvalue weighted by molar-refractivity contribution is 5.77. The van der Waals surface area contributed by atoms with Crippen molar-refractivity contribution in [3.05, 3.63) is 12.2 Å². The normalized spacial score (nSPS) is 51.5. The molecule has 3 aliphatic rings. The van der Waals surface area contributed by atoms with Crippen LogP contribution in [0.25, 0.3) is 0 Å². The van der Waals surface area contributed by atoms with E-state index < -0.39 is 0 Å². The van der Waals surface area contributed by atoms with Gasteiger partial charge in [-0.05, 0) is 0 Å². The Morgan fingerprint density at radius 2 is 2.18 bits per heavy atom. The number of carbonyl (C=O) groups excluding carboxylic acids is 1. The van der Waals surface area contributed by atoms with Gasteiger partial charge in [0.1, 0.15) is 0 Å². The van der Waals surface area contributed by atoms with Crippen LogP contribution in [0.3, 0.4) is 0 Å². The second-order valence-corrected chi connectivity index (χ2v) is 3.27. The largest absolute Gasteiger partial charge is 0.465 e. The number of carbonyl (C=O) groups is 1. The number of hydrogen-bond acceptors (Lipinski definition) is 3. The van der Waals surface area contributed by atoms with Crippen LogP contribution in [0.2, 0.25) is 0 Å². The Morgan fingerprint density at radius 3 is 3.00 bits per heavy atom. The molecule has 3 nitrogen and oxygen atoms in total. The quantitative estimate of drug-likeness (QED) is 0.365. The molecule has 2 saturated heterocycles. The fourth-order valence-corrected chi connectivity index (χ4v) is 2.17. The molecule has 3 heterocycles. The topological polar surface area (TPSA) is 35.5 Å². The second-order valence-electron chi connectivity index (χ2n) is 3.27. The first kappa shape index (κ1) is 5.77. The van der Waals surface area contributed by atoms with Crippen LogP contribution in [0.1, 0.15) is 0 Å². The van der Waals surface area contributed by atoms with Crippen molar-refractivity contribution in [3.63, 3.8) is 0 Å². The molecule has 3 heteroatoms. The summed E-state index contributed by atoms with van der Waals surface area (Å²) in [4.78, 5) is 11.1. The van der Waals surface area contributed by atoms with Crippen LogP contribution in [-0.4, -0.2) is 24.8 Å². The molecule has 0 saturated carbocycles. The Balaban J connectivity index is 2.03. The summed E-state index contributed by atoms with van der Waals surface area (Å²) in [5.41, 5.74) is 0. The Hall–Kier alpha value is -0.830. The van der Waals surface area contributed by atoms with Crippen LogP contribution in [0.15, 0.2) is 12.2 Å². The third kappa shape index (κ3) is 0.554. The van der Waals surface area contributed by atoms with E-state index in [1.54, 1.807) is 0 Å². The fraction of sp³-hybridized carbons (Fsp3) is 0.625. The second kappa shape index (κ2) is 1.67. The SMILES string of the molecule is O=C1OCC2C3C=CC(O3)C12. The van der Waals surface area contributed by atoms with Gasteiger partial charge in [0, 0.05) is 5.92 Å². The molecule has 0 spiro atoms. The zero-order valence-electron chi connectivity index (χ0n) is 5.90. The van der Waals surface area contributed by atoms with Gasteiger partial charge in [-0.1, -0.05) is 12.2 Å². The number of hydrogen-bond donors (Lipinski definition) is 0. The first-order chi connectivity index (χ1) is 5.36. The Bertz CT molecular complexity index is 246. The van der Waals surface area contributed by atoms with Crippen LogP contribution < -0.4 is 0 Å². The Morgan fingerprint density at radius 1 is 1.36 bits per heavy atom. The van der Waals surface area contributed by atoms with Crippen molar-refractivity contribution in [2.45, 2.75) is 12.2 Å². The van der Waals surface area contributed by atoms with Crippen LogP contribution in [0.4, 0.5) is 0 Å². The van der Waals surface area contributed by atoms with Crippen LogP contribution in [0.5, 0.6) is 0 Å². The third-order valence-corrected chi connectivity index (χ3v) is 2.73. The van der Waals surface area contributed by atoms with Crippen molar-refractivity contribution in [2.75, 3.05) is 6.61 Å². The van der Waals surface area contributed by atoms with E-state index >= 15 is 0 Å². The van der Waals surface area contributed by atoms with Gasteiger partial charge in [-0.2, -0.15) is 0 Å². The van der Waals surface area contributed by atoms with E-state index in [0.29, 0.717) is 12.5 Å². The molecule has 0 aromatic heterocycles. The van der Waals surface area contributed by atoms with Gasteiger partial charge in [-0.3, -0.25) is 4.79 Å². The lowest BCUT2D eigenvalue weighted by atomic mass is 9.86. The van der Waals surface area contributed by atoms with E-state index in [4.69, 9.17) is 9.47 Å². The summed E-state index contributed by atoms with van der Waals surface area (Å²) >= 11 is 0. The van der Waals surface area contributed by atoms with Crippen LogP contribution in [0, 0.1) is 11.8 Å². The van der Waals surface area contributed by atoms with Gasteiger partial charge in [-0.15, -0.1) is 0 Å². The molecular formula is C8H8O3. The van der Waals surface area contributed by atoms with E-state index in [1.807, 2.05) is 12.2 Å². The maximum Gasteiger partial charge on any atom is 0.312 e. The maximum absolute atomic E-state index is 11.1. The Kier molecular flexibility index (Phi) is 0.874. The van der Waals surface area contributed by atoms with E-state index in [1.165, 1.54) is 0 Å². The summed E-state index contributed by atoms with van der Waals surface area (Å²) < 4.78 is 10.4. The molecule has 0 aliphatic carbocycles. The van der Waals surface area contributed by atoms with Gasteiger partial charge in [0.2, 0.25) is 0 Å². The molecule has 0 aromatic carbocycles. The number of ether oxygens (including phenoxy) is 2. The standard InChI is InChI=1S/C8H8O3/c9-8-7-4(3-10-8)5-1-2-6(7)11-5/h1-2,4-7H,3H2. The summed E-state index contributed by atoms with van der Waals surface area (Å²) in [7, 11) is 0. The van der Waals surface area contributed by atoms with Gasteiger partial charge in [0.25, 0.3) is 0 Å². The van der Waals surface area contributed by atoms with Crippen molar-refractivity contribution in [1.29, 1.82) is 0 Å². The molecule has 2 bridgehead atoms. The highest BCUT2D eigenvalue weighted by Crippen LogP contribution is 2.42. The van der Waals surface area contributed by atoms with Gasteiger partial charge in [0.05, 0.1) is 24.7 Å². The summed E-state index contributed by atoms with van der Waals surface area (Å²) in [6.45, 7) is 0.551. The number of fused-ring (bicyclic) bond motifs is 5. The lowest BCUT2D eigenvalue weighted by Crippen LogP contribution is -2.24. The summed E-state index contributed by atoms with van der Waals surface area (Å²) in [5.74, 6) is 0.231. The number of esters is 1. The molecule has 11 heavy (non-hydrogen) atoms. The molecule has 4 atom stereocenters. The molecule has 58 valence electrons. The fourth-order valence-electron chi connectivity index (χ4n) is 2.17. The number of rotatable bonds is 0. The minimum Gasteiger partial charge on any atom is -0.465 e. The minimum atomic E-state index is -0.0770. The van der Waals surface area contributed by atoms with Gasteiger partial charge in [-0.25, -0.2) is 0 Å². The monoisotopic (exact) mass is 152 g/mol. The van der Waals surface area contributed by atoms with Gasteiger partial charge >= 0.3 is 5.97 Å². The third-order valence-electron chi connectivity index (χ3n) is 2.73. The van der Waals surface area contributed by atoms with E-state index in [-0.39, 0.29) is 24.1 Å². The summed E-state index contributed by atoms with van der Waals surface area (Å²) in [6, 6.07) is 0. The highest BCUT2D eigenvalue weighted by Gasteiger charge is 2.54. The molecule has 0 N–H and O–H groups in total. The average Bonchev–Trinajstić information content (AvgIpc) is 2.60. The number of cyclic esters (lactones) is 1. The molecule has 0 aromatic rings. The van der Waals surface area contributed by atoms with Crippen molar-refractivity contribution in [1.82, 2.24) is 0 Å². The highest BCUT2D eigenvalue weighted by atomic mass is 16.6. The van der Waals surface area contributed by atoms with E-state index in [2.05, 4.69) is 0 Å². The molecular weight excluding hydrogens is 144 g/mol. The minimum absolute atomic E-state index is 0.00463. The first-order valence-electron chi connectivity index (χ1n) is 3.87. The lowest BCUT2D eigenvalue weighted by Gasteiger charge is -2.09. The van der Waals surface area contributed by atoms with Gasteiger partial charge in [0.15, 0.2) is 0 Å². The molecule has 3 rings (SSSR count). The zero-order chi connectivity index (χ0) is 7.42. The smallest absolute Gasteiger partial charge is 0.312 e. The molecule has 2 fully saturated rings. The van der Waals surface area contributed by atoms with Crippen molar-refractivity contribution in [2.24, 2.45) is 11.8 Å². The maximum atomic E-state index is 11.1. The lowest BCUT2D eigenvalue weighted by molar-refractivity contribution is -0.143. The summed E-state index contributed by atoms with van der Waals surface area (Å²) in [5, 5.41) is 0. The molecule has 3 aliphatic heterocycles. The molecule has 4 unspecified atom stereocenters. The predicted octanol–water partition coefficient (Wildman–Crippen LogP) is 0.113. The van der Waals surface area contributed by atoms with Crippen LogP contribution in [-0.2, 0) is 14.3 Å². The molecule has 0 amide bonds. The van der Waals surface area contributed by atoms with Crippen LogP contribution >= 0.6 is 0 Å². The van der Waals surface area contributed by atoms with Crippen molar-refractivity contribution < 1.29 is 14.3 Å². The molecule has 0 radical (unpaired) electrons. The Labute approximate surface area is 64.0 Å². The van der Waals surface area contributed by atoms with E-state index in [9.17, 15) is 4.79 Å². The van der Waals surface area contributed by atoms with E-state index in [0.717, 1.165) is 0 Å². The first-order valence-corrected chi connectivity index (χ1v) is 3.87. The van der Waals surface area contributed by atoms with Crippen molar-refractivity contribution in [3.8, 4) is 0 Å².